The first-order valence-corrected chi connectivity index (χ1v) is 3.52. The van der Waals surface area contributed by atoms with Gasteiger partial charge in [0.25, 0.3) is 0 Å². The largest absolute Gasteiger partial charge is 0.476 e. The number of carboxylic acid groups (broad SMARTS) is 1. The van der Waals surface area contributed by atoms with E-state index in [2.05, 4.69) is 4.98 Å². The van der Waals surface area contributed by atoms with Gasteiger partial charge in [-0.05, 0) is 12.1 Å². The quantitative estimate of drug-likeness (QED) is 0.723. The first-order valence-electron chi connectivity index (χ1n) is 3.14. The van der Waals surface area contributed by atoms with Crippen molar-refractivity contribution >= 4 is 17.6 Å². The fourth-order valence-corrected chi connectivity index (χ4v) is 0.907. The third-order valence-electron chi connectivity index (χ3n) is 1.27. The van der Waals surface area contributed by atoms with Gasteiger partial charge in [-0.3, -0.25) is 0 Å². The van der Waals surface area contributed by atoms with Crippen molar-refractivity contribution in [2.24, 2.45) is 0 Å². The average molecular weight is 188 g/mol. The lowest BCUT2D eigenvalue weighted by Gasteiger charge is -1.99. The summed E-state index contributed by atoms with van der Waals surface area (Å²) in [5.41, 5.74) is 0.0556. The summed E-state index contributed by atoms with van der Waals surface area (Å²) < 4.78 is 0. The van der Waals surface area contributed by atoms with E-state index in [9.17, 15) is 4.79 Å². The number of hydrogen-bond donors (Lipinski definition) is 2. The van der Waals surface area contributed by atoms with Gasteiger partial charge in [-0.15, -0.1) is 0 Å². The fraction of sp³-hybridized carbons (Fsp3) is 0.143. The molecule has 0 amide bonds. The average Bonchev–Trinajstić information content (AvgIpc) is 2.05. The van der Waals surface area contributed by atoms with Crippen LogP contribution < -0.4 is 0 Å². The molecule has 1 aromatic heterocycles. The van der Waals surface area contributed by atoms with E-state index in [1.807, 2.05) is 0 Å². The maximum atomic E-state index is 10.5. The summed E-state index contributed by atoms with van der Waals surface area (Å²) in [7, 11) is 0. The number of carboxylic acids is 1. The Kier molecular flexibility index (Phi) is 2.62. The zero-order chi connectivity index (χ0) is 9.14. The third kappa shape index (κ3) is 1.72. The van der Waals surface area contributed by atoms with Gasteiger partial charge in [0.2, 0.25) is 0 Å². The number of aromatic nitrogens is 1. The van der Waals surface area contributed by atoms with E-state index in [-0.39, 0.29) is 23.0 Å². The Morgan fingerprint density at radius 1 is 1.58 bits per heavy atom. The molecule has 0 aliphatic rings. The van der Waals surface area contributed by atoms with Crippen molar-refractivity contribution in [1.82, 2.24) is 4.98 Å². The molecular formula is C7H6ClNO3. The molecule has 0 radical (unpaired) electrons. The van der Waals surface area contributed by atoms with Crippen LogP contribution in [0.1, 0.15) is 16.2 Å². The molecule has 0 unspecified atom stereocenters. The van der Waals surface area contributed by atoms with Gasteiger partial charge in [0.1, 0.15) is 0 Å². The minimum atomic E-state index is -1.20. The predicted molar refractivity (Wildman–Crippen MR) is 42.1 cm³/mol. The molecule has 64 valence electrons. The lowest BCUT2D eigenvalue weighted by Crippen LogP contribution is -2.03. The standard InChI is InChI=1S/C7H6ClNO3/c8-5-2-1-4(3-10)9-6(5)7(11)12/h1-2,10H,3H2,(H,11,12). The topological polar surface area (TPSA) is 70.4 Å². The second kappa shape index (κ2) is 3.51. The van der Waals surface area contributed by atoms with Crippen LogP contribution in [0.5, 0.6) is 0 Å². The number of pyridine rings is 1. The number of hydrogen-bond acceptors (Lipinski definition) is 3. The first-order chi connectivity index (χ1) is 5.65. The molecule has 1 heterocycles. The molecule has 4 nitrogen and oxygen atoms in total. The van der Waals surface area contributed by atoms with Crippen LogP contribution in [-0.4, -0.2) is 21.2 Å². The summed E-state index contributed by atoms with van der Waals surface area (Å²) in [6.07, 6.45) is 0. The van der Waals surface area contributed by atoms with Crippen molar-refractivity contribution in [3.05, 3.63) is 28.5 Å². The monoisotopic (exact) mass is 187 g/mol. The maximum absolute atomic E-state index is 10.5. The zero-order valence-electron chi connectivity index (χ0n) is 5.99. The molecule has 0 fully saturated rings. The molecule has 1 rings (SSSR count). The lowest BCUT2D eigenvalue weighted by atomic mass is 10.3. The zero-order valence-corrected chi connectivity index (χ0v) is 6.75. The van der Waals surface area contributed by atoms with Gasteiger partial charge in [0.05, 0.1) is 17.3 Å². The van der Waals surface area contributed by atoms with E-state index in [0.717, 1.165) is 0 Å². The van der Waals surface area contributed by atoms with E-state index >= 15 is 0 Å². The summed E-state index contributed by atoms with van der Waals surface area (Å²) >= 11 is 5.52. The van der Waals surface area contributed by atoms with Crippen molar-refractivity contribution in [1.29, 1.82) is 0 Å². The van der Waals surface area contributed by atoms with E-state index in [0.29, 0.717) is 0 Å². The first kappa shape index (κ1) is 8.96. The smallest absolute Gasteiger partial charge is 0.356 e. The molecule has 0 bridgehead atoms. The minimum Gasteiger partial charge on any atom is -0.476 e. The van der Waals surface area contributed by atoms with Crippen molar-refractivity contribution in [2.45, 2.75) is 6.61 Å². The number of rotatable bonds is 2. The Balaban J connectivity index is 3.17. The number of aliphatic hydroxyl groups excluding tert-OH is 1. The van der Waals surface area contributed by atoms with Gasteiger partial charge in [0, 0.05) is 0 Å². The van der Waals surface area contributed by atoms with Crippen LogP contribution in [0.15, 0.2) is 12.1 Å². The number of aromatic carboxylic acids is 1. The van der Waals surface area contributed by atoms with Gasteiger partial charge in [-0.25, -0.2) is 9.78 Å². The summed E-state index contributed by atoms with van der Waals surface area (Å²) in [6, 6.07) is 2.86. The molecular weight excluding hydrogens is 182 g/mol. The van der Waals surface area contributed by atoms with E-state index in [4.69, 9.17) is 21.8 Å². The van der Waals surface area contributed by atoms with Crippen molar-refractivity contribution in [3.8, 4) is 0 Å². The van der Waals surface area contributed by atoms with Crippen LogP contribution >= 0.6 is 11.6 Å². The Morgan fingerprint density at radius 3 is 2.75 bits per heavy atom. The van der Waals surface area contributed by atoms with Gasteiger partial charge in [-0.1, -0.05) is 11.6 Å². The summed E-state index contributed by atoms with van der Waals surface area (Å²) in [6.45, 7) is -0.294. The number of halogens is 1. The highest BCUT2D eigenvalue weighted by Gasteiger charge is 2.10. The molecule has 0 aliphatic heterocycles. The normalized spacial score (nSPS) is 9.83. The minimum absolute atomic E-state index is 0.0692. The molecule has 12 heavy (non-hydrogen) atoms. The van der Waals surface area contributed by atoms with Crippen LogP contribution in [-0.2, 0) is 6.61 Å². The lowest BCUT2D eigenvalue weighted by molar-refractivity contribution is 0.0690. The number of carbonyl (C=O) groups is 1. The maximum Gasteiger partial charge on any atom is 0.356 e. The molecule has 0 saturated carbocycles. The highest BCUT2D eigenvalue weighted by molar-refractivity contribution is 6.33. The summed E-state index contributed by atoms with van der Waals surface area (Å²) in [4.78, 5) is 14.1. The van der Waals surface area contributed by atoms with Crippen LogP contribution in [0, 0.1) is 0 Å². The van der Waals surface area contributed by atoms with Crippen LogP contribution in [0.4, 0.5) is 0 Å². The number of nitrogens with zero attached hydrogens (tertiary/aromatic N) is 1. The van der Waals surface area contributed by atoms with Gasteiger partial charge >= 0.3 is 5.97 Å². The summed E-state index contributed by atoms with van der Waals surface area (Å²) in [5, 5.41) is 17.3. The molecule has 2 N–H and O–H groups in total. The Bertz CT molecular complexity index is 314. The Hall–Kier alpha value is -1.13. The molecule has 0 saturated heterocycles. The van der Waals surface area contributed by atoms with E-state index in [1.165, 1.54) is 12.1 Å². The van der Waals surface area contributed by atoms with Crippen LogP contribution in [0.2, 0.25) is 5.02 Å². The van der Waals surface area contributed by atoms with Crippen molar-refractivity contribution < 1.29 is 15.0 Å². The molecule has 0 spiro atoms. The number of aliphatic hydroxyl groups is 1. The highest BCUT2D eigenvalue weighted by Crippen LogP contribution is 2.13. The molecule has 0 atom stereocenters. The fourth-order valence-electron chi connectivity index (χ4n) is 0.721. The van der Waals surface area contributed by atoms with E-state index < -0.39 is 5.97 Å². The predicted octanol–water partition coefficient (Wildman–Crippen LogP) is 0.925. The van der Waals surface area contributed by atoms with E-state index in [1.54, 1.807) is 0 Å². The Morgan fingerprint density at radius 2 is 2.25 bits per heavy atom. The Labute approximate surface area is 73.4 Å². The molecule has 0 aromatic carbocycles. The SMILES string of the molecule is O=C(O)c1nc(CO)ccc1Cl. The molecule has 5 heteroatoms. The molecule has 1 aromatic rings. The third-order valence-corrected chi connectivity index (χ3v) is 1.57. The van der Waals surface area contributed by atoms with Crippen molar-refractivity contribution in [2.75, 3.05) is 0 Å². The van der Waals surface area contributed by atoms with Crippen LogP contribution in [0.3, 0.4) is 0 Å². The van der Waals surface area contributed by atoms with Crippen LogP contribution in [0.25, 0.3) is 0 Å². The van der Waals surface area contributed by atoms with Crippen molar-refractivity contribution in [3.63, 3.8) is 0 Å². The van der Waals surface area contributed by atoms with Gasteiger partial charge < -0.3 is 10.2 Å². The highest BCUT2D eigenvalue weighted by atomic mass is 35.5. The second-order valence-corrected chi connectivity index (χ2v) is 2.50. The second-order valence-electron chi connectivity index (χ2n) is 2.10. The molecule has 0 aliphatic carbocycles. The van der Waals surface area contributed by atoms with Gasteiger partial charge in [-0.2, -0.15) is 0 Å². The summed E-state index contributed by atoms with van der Waals surface area (Å²) in [5.74, 6) is -1.20. The van der Waals surface area contributed by atoms with Gasteiger partial charge in [0.15, 0.2) is 5.69 Å².